The molecule has 0 aromatic carbocycles. The van der Waals surface area contributed by atoms with Crippen molar-refractivity contribution in [3.8, 4) is 0 Å². The molecule has 1 fully saturated rings. The maximum atomic E-state index is 5.39. The van der Waals surface area contributed by atoms with Crippen molar-refractivity contribution < 1.29 is 4.42 Å². The molecule has 2 rings (SSSR count). The zero-order chi connectivity index (χ0) is 11.2. The molecule has 1 unspecified atom stereocenters. The van der Waals surface area contributed by atoms with Crippen LogP contribution in [-0.2, 0) is 6.42 Å². The highest BCUT2D eigenvalue weighted by atomic mass is 16.4. The van der Waals surface area contributed by atoms with Gasteiger partial charge in [0.15, 0.2) is 0 Å². The third kappa shape index (κ3) is 3.20. The van der Waals surface area contributed by atoms with Gasteiger partial charge in [-0.2, -0.15) is 0 Å². The lowest BCUT2D eigenvalue weighted by atomic mass is 10.1. The Morgan fingerprint density at radius 1 is 1.38 bits per heavy atom. The topological polar surface area (TPSA) is 63.0 Å². The monoisotopic (exact) mass is 224 g/mol. The summed E-state index contributed by atoms with van der Waals surface area (Å²) in [6.07, 6.45) is 5.95. The number of anilines is 1. The van der Waals surface area contributed by atoms with Gasteiger partial charge in [-0.3, -0.25) is 0 Å². The maximum Gasteiger partial charge on any atom is 0.315 e. The zero-order valence-electron chi connectivity index (χ0n) is 9.83. The highest BCUT2D eigenvalue weighted by Gasteiger charge is 2.12. The summed E-state index contributed by atoms with van der Waals surface area (Å²) >= 11 is 0. The molecular weight excluding hydrogens is 204 g/mol. The number of hydrogen-bond acceptors (Lipinski definition) is 5. The maximum absolute atomic E-state index is 5.39. The van der Waals surface area contributed by atoms with Crippen molar-refractivity contribution in [2.45, 2.75) is 45.1 Å². The molecule has 2 heterocycles. The first-order valence-electron chi connectivity index (χ1n) is 6.18. The second-order valence-electron chi connectivity index (χ2n) is 4.24. The molecule has 5 nitrogen and oxygen atoms in total. The second kappa shape index (κ2) is 5.84. The van der Waals surface area contributed by atoms with E-state index in [9.17, 15) is 0 Å². The van der Waals surface area contributed by atoms with Crippen LogP contribution in [0.2, 0.25) is 0 Å². The van der Waals surface area contributed by atoms with Gasteiger partial charge in [0.25, 0.3) is 0 Å². The van der Waals surface area contributed by atoms with E-state index >= 15 is 0 Å². The van der Waals surface area contributed by atoms with Gasteiger partial charge in [0.05, 0.1) is 0 Å². The Labute approximate surface area is 96.0 Å². The molecule has 1 saturated heterocycles. The van der Waals surface area contributed by atoms with Gasteiger partial charge in [0.1, 0.15) is 0 Å². The molecule has 2 N–H and O–H groups in total. The molecule has 0 amide bonds. The number of nitrogens with one attached hydrogen (secondary N) is 2. The lowest BCUT2D eigenvalue weighted by Crippen LogP contribution is -2.34. The Morgan fingerprint density at radius 2 is 2.31 bits per heavy atom. The number of aryl methyl sites for hydroxylation is 1. The zero-order valence-corrected chi connectivity index (χ0v) is 9.83. The molecular formula is C11H20N4O. The predicted molar refractivity (Wildman–Crippen MR) is 62.4 cm³/mol. The smallest absolute Gasteiger partial charge is 0.315 e. The van der Waals surface area contributed by atoms with E-state index in [2.05, 4.69) is 20.8 Å². The molecule has 1 aromatic rings. The van der Waals surface area contributed by atoms with E-state index < -0.39 is 0 Å². The predicted octanol–water partition coefficient (Wildman–Crippen LogP) is 1.58. The van der Waals surface area contributed by atoms with Crippen LogP contribution in [0.25, 0.3) is 0 Å². The van der Waals surface area contributed by atoms with Gasteiger partial charge in [-0.15, -0.1) is 5.10 Å². The van der Waals surface area contributed by atoms with Crippen LogP contribution in [0.4, 0.5) is 6.01 Å². The fraction of sp³-hybridized carbons (Fsp3) is 0.818. The van der Waals surface area contributed by atoms with Gasteiger partial charge in [-0.1, -0.05) is 24.9 Å². The summed E-state index contributed by atoms with van der Waals surface area (Å²) in [5.74, 6) is 0.691. The first kappa shape index (κ1) is 11.4. The van der Waals surface area contributed by atoms with Crippen LogP contribution in [-0.4, -0.2) is 29.3 Å². The normalized spacial score (nSPS) is 21.7. The molecule has 1 aliphatic heterocycles. The van der Waals surface area contributed by atoms with Gasteiger partial charge >= 0.3 is 6.01 Å². The van der Waals surface area contributed by atoms with Crippen molar-refractivity contribution >= 4 is 6.01 Å². The molecule has 1 aliphatic rings. The number of aromatic nitrogens is 2. The fourth-order valence-corrected chi connectivity index (χ4v) is 1.95. The van der Waals surface area contributed by atoms with Crippen molar-refractivity contribution in [3.05, 3.63) is 5.89 Å². The van der Waals surface area contributed by atoms with Gasteiger partial charge in [-0.05, 0) is 19.4 Å². The van der Waals surface area contributed by atoms with Crippen LogP contribution in [0.5, 0.6) is 0 Å². The standard InChI is InChI=1S/C11H20N4O/c1-2-10-14-15-11(16-10)13-8-9-6-4-3-5-7-12-9/h9,12H,2-8H2,1H3,(H,13,15). The first-order chi connectivity index (χ1) is 7.88. The minimum Gasteiger partial charge on any atom is -0.408 e. The minimum absolute atomic E-state index is 0.527. The summed E-state index contributed by atoms with van der Waals surface area (Å²) in [5, 5.41) is 14.6. The lowest BCUT2D eigenvalue weighted by Gasteiger charge is -2.14. The van der Waals surface area contributed by atoms with E-state index in [1.807, 2.05) is 6.92 Å². The molecule has 5 heteroatoms. The van der Waals surface area contributed by atoms with Crippen LogP contribution >= 0.6 is 0 Å². The third-order valence-electron chi connectivity index (χ3n) is 2.93. The lowest BCUT2D eigenvalue weighted by molar-refractivity contribution is 0.492. The summed E-state index contributed by atoms with van der Waals surface area (Å²) in [4.78, 5) is 0. The molecule has 0 bridgehead atoms. The third-order valence-corrected chi connectivity index (χ3v) is 2.93. The Balaban J connectivity index is 1.77. The van der Waals surface area contributed by atoms with E-state index in [1.54, 1.807) is 0 Å². The van der Waals surface area contributed by atoms with Crippen molar-refractivity contribution in [1.29, 1.82) is 0 Å². The average Bonchev–Trinajstić information content (AvgIpc) is 2.61. The van der Waals surface area contributed by atoms with Gasteiger partial charge < -0.3 is 15.1 Å². The van der Waals surface area contributed by atoms with Crippen LogP contribution in [0.1, 0.15) is 38.5 Å². The van der Waals surface area contributed by atoms with E-state index in [0.29, 0.717) is 17.9 Å². The summed E-state index contributed by atoms with van der Waals surface area (Å²) in [5.41, 5.74) is 0. The van der Waals surface area contributed by atoms with Gasteiger partial charge in [-0.25, -0.2) is 0 Å². The Hall–Kier alpha value is -1.10. The molecule has 1 aromatic heterocycles. The van der Waals surface area contributed by atoms with Crippen molar-refractivity contribution in [3.63, 3.8) is 0 Å². The summed E-state index contributed by atoms with van der Waals surface area (Å²) in [7, 11) is 0. The molecule has 1 atom stereocenters. The molecule has 0 radical (unpaired) electrons. The fourth-order valence-electron chi connectivity index (χ4n) is 1.95. The highest BCUT2D eigenvalue weighted by molar-refractivity contribution is 5.17. The Morgan fingerprint density at radius 3 is 3.12 bits per heavy atom. The van der Waals surface area contributed by atoms with Crippen molar-refractivity contribution in [2.75, 3.05) is 18.4 Å². The average molecular weight is 224 g/mol. The number of nitrogens with zero attached hydrogens (tertiary/aromatic N) is 2. The van der Waals surface area contributed by atoms with E-state index in [-0.39, 0.29) is 0 Å². The van der Waals surface area contributed by atoms with E-state index in [4.69, 9.17) is 4.42 Å². The first-order valence-corrected chi connectivity index (χ1v) is 6.18. The van der Waals surface area contributed by atoms with Crippen molar-refractivity contribution in [2.24, 2.45) is 0 Å². The minimum atomic E-state index is 0.527. The van der Waals surface area contributed by atoms with E-state index in [1.165, 1.54) is 25.7 Å². The summed E-state index contributed by atoms with van der Waals surface area (Å²) in [6, 6.07) is 1.07. The number of rotatable bonds is 4. The van der Waals surface area contributed by atoms with Gasteiger partial charge in [0, 0.05) is 19.0 Å². The molecule has 0 saturated carbocycles. The summed E-state index contributed by atoms with van der Waals surface area (Å²) < 4.78 is 5.39. The van der Waals surface area contributed by atoms with E-state index in [0.717, 1.165) is 19.5 Å². The highest BCUT2D eigenvalue weighted by Crippen LogP contribution is 2.10. The van der Waals surface area contributed by atoms with Gasteiger partial charge in [0.2, 0.25) is 5.89 Å². The largest absolute Gasteiger partial charge is 0.408 e. The number of hydrogen-bond donors (Lipinski definition) is 2. The Bertz CT molecular complexity index is 305. The molecule has 90 valence electrons. The van der Waals surface area contributed by atoms with Crippen LogP contribution < -0.4 is 10.6 Å². The molecule has 0 spiro atoms. The van der Waals surface area contributed by atoms with Crippen molar-refractivity contribution in [1.82, 2.24) is 15.5 Å². The quantitative estimate of drug-likeness (QED) is 0.813. The summed E-state index contributed by atoms with van der Waals surface area (Å²) in [6.45, 7) is 3.99. The molecule has 16 heavy (non-hydrogen) atoms. The van der Waals surface area contributed by atoms with Crippen LogP contribution in [0.15, 0.2) is 4.42 Å². The second-order valence-corrected chi connectivity index (χ2v) is 4.24. The Kier molecular flexibility index (Phi) is 4.16. The SMILES string of the molecule is CCc1nnc(NCC2CCCCCN2)o1. The molecule has 0 aliphatic carbocycles. The van der Waals surface area contributed by atoms with Crippen LogP contribution in [0, 0.1) is 0 Å². The van der Waals surface area contributed by atoms with Crippen LogP contribution in [0.3, 0.4) is 0 Å².